The van der Waals surface area contributed by atoms with E-state index in [9.17, 15) is 19.5 Å². The molecular weight excluding hydrogens is 350 g/mol. The molecule has 27 heavy (non-hydrogen) atoms. The lowest BCUT2D eigenvalue weighted by Gasteiger charge is -2.18. The lowest BCUT2D eigenvalue weighted by molar-refractivity contribution is -0.308. The minimum atomic E-state index is -1.36. The van der Waals surface area contributed by atoms with Gasteiger partial charge in [0.1, 0.15) is 11.2 Å². The second-order valence-electron chi connectivity index (χ2n) is 6.71. The van der Waals surface area contributed by atoms with E-state index in [4.69, 9.17) is 8.83 Å². The average Bonchev–Trinajstić information content (AvgIpc) is 2.98. The number of nitrogens with one attached hydrogen (secondary N) is 1. The Morgan fingerprint density at radius 3 is 2.52 bits per heavy atom. The van der Waals surface area contributed by atoms with E-state index in [1.807, 2.05) is 13.8 Å². The number of carbonyl (C=O) groups is 2. The highest BCUT2D eigenvalue weighted by Crippen LogP contribution is 2.34. The van der Waals surface area contributed by atoms with Gasteiger partial charge in [0, 0.05) is 5.39 Å². The highest BCUT2D eigenvalue weighted by atomic mass is 16.4. The topological polar surface area (TPSA) is 113 Å². The van der Waals surface area contributed by atoms with E-state index in [1.165, 1.54) is 0 Å². The molecule has 1 atom stereocenters. The molecule has 7 nitrogen and oxygen atoms in total. The van der Waals surface area contributed by atoms with Gasteiger partial charge in [0.05, 0.1) is 35.6 Å². The molecular formula is C20H20NO6-. The first-order chi connectivity index (χ1) is 12.7. The summed E-state index contributed by atoms with van der Waals surface area (Å²) in [7, 11) is 0. The summed E-state index contributed by atoms with van der Waals surface area (Å²) in [6.45, 7) is 7.18. The molecule has 0 radical (unpaired) electrons. The molecule has 0 spiro atoms. The van der Waals surface area contributed by atoms with Crippen molar-refractivity contribution in [2.24, 2.45) is 0 Å². The van der Waals surface area contributed by atoms with E-state index in [1.54, 1.807) is 26.2 Å². The minimum absolute atomic E-state index is 0.174. The molecule has 1 aromatic carbocycles. The molecule has 3 rings (SSSR count). The Morgan fingerprint density at radius 2 is 1.89 bits per heavy atom. The normalized spacial score (nSPS) is 12.4. The van der Waals surface area contributed by atoms with Crippen LogP contribution in [0.25, 0.3) is 21.9 Å². The number of benzene rings is 1. The Balaban J connectivity index is 2.10. The van der Waals surface area contributed by atoms with Crippen LogP contribution in [0.15, 0.2) is 26.0 Å². The van der Waals surface area contributed by atoms with Crippen LogP contribution in [-0.2, 0) is 16.0 Å². The second-order valence-corrected chi connectivity index (χ2v) is 6.71. The largest absolute Gasteiger partial charge is 0.548 e. The quantitative estimate of drug-likeness (QED) is 0.684. The number of rotatable bonds is 5. The molecule has 3 aromatic rings. The molecule has 0 saturated carbocycles. The maximum absolute atomic E-state index is 12.4. The first-order valence-corrected chi connectivity index (χ1v) is 8.68. The number of hydrogen-bond acceptors (Lipinski definition) is 6. The molecule has 0 aliphatic carbocycles. The van der Waals surface area contributed by atoms with Gasteiger partial charge in [-0.1, -0.05) is 6.92 Å². The van der Waals surface area contributed by atoms with E-state index in [-0.39, 0.29) is 18.4 Å². The maximum atomic E-state index is 12.4. The third-order valence-electron chi connectivity index (χ3n) is 4.83. The van der Waals surface area contributed by atoms with Crippen LogP contribution in [0.4, 0.5) is 0 Å². The van der Waals surface area contributed by atoms with Gasteiger partial charge in [-0.05, 0) is 49.9 Å². The van der Waals surface area contributed by atoms with Gasteiger partial charge < -0.3 is 24.1 Å². The van der Waals surface area contributed by atoms with Gasteiger partial charge in [-0.25, -0.2) is 4.79 Å². The summed E-state index contributed by atoms with van der Waals surface area (Å²) in [5.41, 5.74) is 3.02. The molecule has 0 fully saturated rings. The van der Waals surface area contributed by atoms with E-state index >= 15 is 0 Å². The third-order valence-corrected chi connectivity index (χ3v) is 4.83. The number of furan rings is 1. The van der Waals surface area contributed by atoms with Crippen molar-refractivity contribution in [1.29, 1.82) is 0 Å². The number of aliphatic carboxylic acids is 1. The molecule has 142 valence electrons. The van der Waals surface area contributed by atoms with Gasteiger partial charge in [0.2, 0.25) is 5.91 Å². The smallest absolute Gasteiger partial charge is 0.340 e. The molecule has 0 saturated heterocycles. The number of aryl methyl sites for hydroxylation is 3. The van der Waals surface area contributed by atoms with Crippen LogP contribution < -0.4 is 16.0 Å². The molecule has 0 bridgehead atoms. The van der Waals surface area contributed by atoms with Crippen LogP contribution in [0, 0.1) is 20.8 Å². The van der Waals surface area contributed by atoms with Crippen LogP contribution in [0.2, 0.25) is 0 Å². The van der Waals surface area contributed by atoms with Crippen molar-refractivity contribution in [2.75, 3.05) is 0 Å². The van der Waals surface area contributed by atoms with Crippen LogP contribution in [0.3, 0.4) is 0 Å². The predicted molar refractivity (Wildman–Crippen MR) is 97.4 cm³/mol. The molecule has 0 aliphatic heterocycles. The lowest BCUT2D eigenvalue weighted by Crippen LogP contribution is -2.48. The van der Waals surface area contributed by atoms with Gasteiger partial charge in [0.15, 0.2) is 0 Å². The Morgan fingerprint density at radius 1 is 1.19 bits per heavy atom. The Bertz CT molecular complexity index is 1120. The highest BCUT2D eigenvalue weighted by Gasteiger charge is 2.21. The Labute approximate surface area is 155 Å². The van der Waals surface area contributed by atoms with E-state index in [0.717, 1.165) is 16.5 Å². The van der Waals surface area contributed by atoms with E-state index in [0.29, 0.717) is 22.1 Å². The number of amides is 1. The van der Waals surface area contributed by atoms with Gasteiger partial charge in [0.25, 0.3) is 0 Å². The molecule has 1 N–H and O–H groups in total. The fourth-order valence-corrected chi connectivity index (χ4v) is 3.41. The molecule has 0 aliphatic rings. The summed E-state index contributed by atoms with van der Waals surface area (Å²) in [6.07, 6.45) is 1.54. The Hall–Kier alpha value is -3.09. The minimum Gasteiger partial charge on any atom is -0.548 e. The summed E-state index contributed by atoms with van der Waals surface area (Å²) < 4.78 is 11.1. The van der Waals surface area contributed by atoms with Crippen LogP contribution >= 0.6 is 0 Å². The lowest BCUT2D eigenvalue weighted by atomic mass is 9.98. The number of hydrogen-bond donors (Lipinski definition) is 1. The SMILES string of the molecule is CC[C@H](NC(=O)Cc1c(C)c2c(cc(C)c3c(C)coc32)oc1=O)C(=O)[O-]. The van der Waals surface area contributed by atoms with Gasteiger partial charge in [-0.3, -0.25) is 4.79 Å². The average molecular weight is 370 g/mol. The summed E-state index contributed by atoms with van der Waals surface area (Å²) >= 11 is 0. The van der Waals surface area contributed by atoms with Gasteiger partial charge in [-0.2, -0.15) is 0 Å². The van der Waals surface area contributed by atoms with Crippen molar-refractivity contribution < 1.29 is 23.5 Å². The number of carboxylic acids is 1. The first-order valence-electron chi connectivity index (χ1n) is 8.68. The monoisotopic (exact) mass is 370 g/mol. The van der Waals surface area contributed by atoms with Crippen LogP contribution in [-0.4, -0.2) is 17.9 Å². The van der Waals surface area contributed by atoms with Crippen molar-refractivity contribution in [3.63, 3.8) is 0 Å². The molecule has 1 amide bonds. The van der Waals surface area contributed by atoms with Gasteiger partial charge >= 0.3 is 5.63 Å². The zero-order valence-corrected chi connectivity index (χ0v) is 15.6. The van der Waals surface area contributed by atoms with Crippen molar-refractivity contribution in [2.45, 2.75) is 46.6 Å². The maximum Gasteiger partial charge on any atom is 0.340 e. The summed E-state index contributed by atoms with van der Waals surface area (Å²) in [4.78, 5) is 35.7. The first kappa shape index (κ1) is 18.7. The second kappa shape index (κ2) is 6.90. The molecule has 2 aromatic heterocycles. The van der Waals surface area contributed by atoms with Gasteiger partial charge in [-0.15, -0.1) is 0 Å². The Kier molecular flexibility index (Phi) is 4.78. The molecule has 0 unspecified atom stereocenters. The number of fused-ring (bicyclic) bond motifs is 3. The summed E-state index contributed by atoms with van der Waals surface area (Å²) in [5, 5.41) is 14.9. The zero-order valence-electron chi connectivity index (χ0n) is 15.6. The van der Waals surface area contributed by atoms with Crippen LogP contribution in [0.1, 0.15) is 35.6 Å². The van der Waals surface area contributed by atoms with Crippen LogP contribution in [0.5, 0.6) is 0 Å². The van der Waals surface area contributed by atoms with Crippen molar-refractivity contribution >= 4 is 33.8 Å². The van der Waals surface area contributed by atoms with Crippen molar-refractivity contribution in [3.05, 3.63) is 45.0 Å². The zero-order chi connectivity index (χ0) is 19.9. The third kappa shape index (κ3) is 3.20. The van der Waals surface area contributed by atoms with Crippen molar-refractivity contribution in [1.82, 2.24) is 5.32 Å². The number of carboxylic acid groups (broad SMARTS) is 1. The molecule has 7 heteroatoms. The standard InChI is InChI=1S/C20H21NO6/c1-5-13(19(23)24)21-15(22)7-12-11(4)17-14(27-20(12)25)6-9(2)16-10(3)8-26-18(16)17/h6,8,13H,5,7H2,1-4H3,(H,21,22)(H,23,24)/p-1/t13-/m0/s1. The van der Waals surface area contributed by atoms with Crippen molar-refractivity contribution in [3.8, 4) is 0 Å². The van der Waals surface area contributed by atoms with E-state index in [2.05, 4.69) is 5.32 Å². The summed E-state index contributed by atoms with van der Waals surface area (Å²) in [6, 6.07) is 0.675. The molecule has 2 heterocycles. The summed E-state index contributed by atoms with van der Waals surface area (Å²) in [5.74, 6) is -1.95. The highest BCUT2D eigenvalue weighted by molar-refractivity contribution is 6.07. The predicted octanol–water partition coefficient (Wildman–Crippen LogP) is 1.65. The fourth-order valence-electron chi connectivity index (χ4n) is 3.41. The van der Waals surface area contributed by atoms with E-state index < -0.39 is 23.5 Å². The fraction of sp³-hybridized carbons (Fsp3) is 0.350. The number of carbonyl (C=O) groups excluding carboxylic acids is 2.